The number of pyridine rings is 1. The minimum atomic E-state index is -4.15. The number of hydrogen-bond donors (Lipinski definition) is 2. The van der Waals surface area contributed by atoms with Gasteiger partial charge in [0.2, 0.25) is 0 Å². The molecule has 0 unspecified atom stereocenters. The maximum atomic E-state index is 12.7. The largest absolute Gasteiger partial charge is 0.391 e. The van der Waals surface area contributed by atoms with E-state index in [1.54, 1.807) is 19.1 Å². The fourth-order valence-electron chi connectivity index (χ4n) is 2.98. The summed E-state index contributed by atoms with van der Waals surface area (Å²) in [5, 5.41) is 2.61. The van der Waals surface area contributed by atoms with Gasteiger partial charge in [0.1, 0.15) is 5.56 Å². The first-order valence-electron chi connectivity index (χ1n) is 7.95. The Bertz CT molecular complexity index is 659. The number of aromatic nitrogens is 1. The lowest BCUT2D eigenvalue weighted by Gasteiger charge is -2.29. The van der Waals surface area contributed by atoms with E-state index in [4.69, 9.17) is 0 Å². The van der Waals surface area contributed by atoms with Crippen LogP contribution in [-0.2, 0) is 0 Å². The fourth-order valence-corrected chi connectivity index (χ4v) is 2.98. The summed E-state index contributed by atoms with van der Waals surface area (Å²) in [6.07, 6.45) is -1.73. The number of alkyl halides is 3. The minimum Gasteiger partial charge on any atom is -0.346 e. The van der Waals surface area contributed by atoms with Crippen LogP contribution in [0.15, 0.2) is 29.6 Å². The lowest BCUT2D eigenvalue weighted by atomic mass is 9.80. The van der Waals surface area contributed by atoms with Gasteiger partial charge < -0.3 is 10.3 Å². The first kappa shape index (κ1) is 18.3. The summed E-state index contributed by atoms with van der Waals surface area (Å²) in [5.41, 5.74) is 0.0459. The van der Waals surface area contributed by atoms with Gasteiger partial charge in [0.15, 0.2) is 0 Å². The van der Waals surface area contributed by atoms with Crippen LogP contribution >= 0.6 is 0 Å². The van der Waals surface area contributed by atoms with Crippen LogP contribution in [0.25, 0.3) is 0 Å². The average Bonchev–Trinajstić information content (AvgIpc) is 2.53. The van der Waals surface area contributed by atoms with Gasteiger partial charge in [0.05, 0.1) is 5.92 Å². The van der Waals surface area contributed by atoms with Crippen molar-refractivity contribution in [1.82, 2.24) is 10.3 Å². The molecule has 0 bridgehead atoms. The van der Waals surface area contributed by atoms with Crippen molar-refractivity contribution in [2.75, 3.05) is 0 Å². The highest BCUT2D eigenvalue weighted by molar-refractivity contribution is 5.94. The van der Waals surface area contributed by atoms with Crippen molar-refractivity contribution in [3.63, 3.8) is 0 Å². The molecule has 1 saturated carbocycles. The van der Waals surface area contributed by atoms with E-state index >= 15 is 0 Å². The molecule has 2 N–H and O–H groups in total. The van der Waals surface area contributed by atoms with Crippen molar-refractivity contribution < 1.29 is 18.0 Å². The van der Waals surface area contributed by atoms with E-state index in [9.17, 15) is 22.8 Å². The first-order chi connectivity index (χ1) is 11.2. The van der Waals surface area contributed by atoms with Gasteiger partial charge >= 0.3 is 6.18 Å². The van der Waals surface area contributed by atoms with Crippen molar-refractivity contribution in [1.29, 1.82) is 0 Å². The van der Waals surface area contributed by atoms with Gasteiger partial charge in [-0.1, -0.05) is 6.08 Å². The van der Waals surface area contributed by atoms with Crippen LogP contribution in [0.3, 0.4) is 0 Å². The summed E-state index contributed by atoms with van der Waals surface area (Å²) in [6, 6.07) is 2.78. The Morgan fingerprint density at radius 1 is 1.33 bits per heavy atom. The van der Waals surface area contributed by atoms with E-state index < -0.39 is 23.6 Å². The molecule has 0 aliphatic heterocycles. The van der Waals surface area contributed by atoms with Gasteiger partial charge in [-0.2, -0.15) is 13.2 Å². The van der Waals surface area contributed by atoms with Crippen LogP contribution < -0.4 is 10.9 Å². The van der Waals surface area contributed by atoms with E-state index in [1.807, 2.05) is 0 Å². The van der Waals surface area contributed by atoms with Crippen molar-refractivity contribution in [3.8, 4) is 0 Å². The average molecular weight is 342 g/mol. The predicted molar refractivity (Wildman–Crippen MR) is 84.9 cm³/mol. The number of aromatic amines is 1. The Labute approximate surface area is 138 Å². The standard InChI is InChI=1S/C17H21F3N2O2/c1-3-10(2)21-15(23)13-8-9-14(22-16(13)24)11-4-6-12(7-5-11)17(18,19)20/h3,8-12H,1,4-7H2,2H3,(H,21,23)(H,22,24)/t10-,11?,12?/m0/s1. The van der Waals surface area contributed by atoms with Crippen LogP contribution in [0.2, 0.25) is 0 Å². The Kier molecular flexibility index (Phi) is 5.51. The molecule has 1 amide bonds. The second-order valence-corrected chi connectivity index (χ2v) is 6.24. The lowest BCUT2D eigenvalue weighted by Crippen LogP contribution is -2.35. The number of halogens is 3. The van der Waals surface area contributed by atoms with Crippen molar-refractivity contribution >= 4 is 5.91 Å². The Hall–Kier alpha value is -2.05. The maximum absolute atomic E-state index is 12.7. The third-order valence-electron chi connectivity index (χ3n) is 4.52. The maximum Gasteiger partial charge on any atom is 0.391 e. The summed E-state index contributed by atoms with van der Waals surface area (Å²) in [6.45, 7) is 5.28. The van der Waals surface area contributed by atoms with Crippen molar-refractivity contribution in [2.45, 2.75) is 50.7 Å². The highest BCUT2D eigenvalue weighted by atomic mass is 19.4. The van der Waals surface area contributed by atoms with Crippen LogP contribution in [0, 0.1) is 5.92 Å². The normalized spacial score (nSPS) is 22.7. The number of rotatable bonds is 4. The number of amides is 1. The SMILES string of the molecule is C=C[C@H](C)NC(=O)c1ccc(C2CCC(C(F)(F)F)CC2)[nH]c1=O. The Balaban J connectivity index is 2.07. The van der Waals surface area contributed by atoms with Crippen LogP contribution in [-0.4, -0.2) is 23.1 Å². The molecule has 1 aliphatic rings. The molecular weight excluding hydrogens is 321 g/mol. The molecule has 1 aromatic heterocycles. The molecule has 1 atom stereocenters. The number of nitrogens with one attached hydrogen (secondary N) is 2. The van der Waals surface area contributed by atoms with Crippen molar-refractivity contribution in [2.24, 2.45) is 5.92 Å². The number of H-pyrrole nitrogens is 1. The number of carbonyl (C=O) groups excluding carboxylic acids is 1. The summed E-state index contributed by atoms with van der Waals surface area (Å²) in [7, 11) is 0. The van der Waals surface area contributed by atoms with E-state index in [0.717, 1.165) is 0 Å². The summed E-state index contributed by atoms with van der Waals surface area (Å²) in [4.78, 5) is 26.7. The first-order valence-corrected chi connectivity index (χ1v) is 7.95. The zero-order valence-corrected chi connectivity index (χ0v) is 13.5. The van der Waals surface area contributed by atoms with E-state index in [2.05, 4.69) is 16.9 Å². The smallest absolute Gasteiger partial charge is 0.346 e. The topological polar surface area (TPSA) is 62.0 Å². The predicted octanol–water partition coefficient (Wildman–Crippen LogP) is 3.52. The summed E-state index contributed by atoms with van der Waals surface area (Å²) >= 11 is 0. The molecule has 0 saturated heterocycles. The molecule has 24 heavy (non-hydrogen) atoms. The second-order valence-electron chi connectivity index (χ2n) is 6.24. The zero-order chi connectivity index (χ0) is 17.9. The summed E-state index contributed by atoms with van der Waals surface area (Å²) < 4.78 is 38.1. The molecule has 0 aromatic carbocycles. The van der Waals surface area contributed by atoms with E-state index in [-0.39, 0.29) is 30.4 Å². The molecule has 1 fully saturated rings. The van der Waals surface area contributed by atoms with Gasteiger partial charge in [-0.25, -0.2) is 0 Å². The minimum absolute atomic E-state index is 0.0172. The highest BCUT2D eigenvalue weighted by Crippen LogP contribution is 2.42. The highest BCUT2D eigenvalue weighted by Gasteiger charge is 2.41. The Morgan fingerprint density at radius 2 is 1.96 bits per heavy atom. The number of hydrogen-bond acceptors (Lipinski definition) is 2. The molecule has 132 valence electrons. The van der Waals surface area contributed by atoms with Crippen LogP contribution in [0.1, 0.15) is 54.6 Å². The van der Waals surface area contributed by atoms with Gasteiger partial charge in [-0.05, 0) is 50.7 Å². The van der Waals surface area contributed by atoms with Gasteiger partial charge in [-0.3, -0.25) is 9.59 Å². The number of carbonyl (C=O) groups is 1. The van der Waals surface area contributed by atoms with Gasteiger partial charge in [0.25, 0.3) is 11.5 Å². The van der Waals surface area contributed by atoms with Gasteiger partial charge in [-0.15, -0.1) is 6.58 Å². The molecule has 4 nitrogen and oxygen atoms in total. The third-order valence-corrected chi connectivity index (χ3v) is 4.52. The van der Waals surface area contributed by atoms with Crippen LogP contribution in [0.4, 0.5) is 13.2 Å². The molecule has 1 aromatic rings. The van der Waals surface area contributed by atoms with Crippen molar-refractivity contribution in [3.05, 3.63) is 46.4 Å². The molecule has 1 aliphatic carbocycles. The quantitative estimate of drug-likeness (QED) is 0.823. The molecule has 0 radical (unpaired) electrons. The van der Waals surface area contributed by atoms with Crippen LogP contribution in [0.5, 0.6) is 0 Å². The molecule has 1 heterocycles. The molecular formula is C17H21F3N2O2. The summed E-state index contributed by atoms with van der Waals surface area (Å²) in [5.74, 6) is -1.87. The zero-order valence-electron chi connectivity index (χ0n) is 13.5. The lowest BCUT2D eigenvalue weighted by molar-refractivity contribution is -0.182. The molecule has 7 heteroatoms. The van der Waals surface area contributed by atoms with Gasteiger partial charge in [0, 0.05) is 11.7 Å². The second kappa shape index (κ2) is 7.23. The molecule has 2 rings (SSSR count). The molecule has 0 spiro atoms. The van der Waals surface area contributed by atoms with E-state index in [1.165, 1.54) is 6.07 Å². The monoisotopic (exact) mass is 342 g/mol. The Morgan fingerprint density at radius 3 is 2.46 bits per heavy atom. The van der Waals surface area contributed by atoms with E-state index in [0.29, 0.717) is 18.5 Å². The fraction of sp³-hybridized carbons (Fsp3) is 0.529. The third kappa shape index (κ3) is 4.27.